The Morgan fingerprint density at radius 2 is 2.16 bits per heavy atom. The number of carbonyl (C=O) groups is 1. The van der Waals surface area contributed by atoms with Crippen molar-refractivity contribution >= 4 is 21.8 Å². The first-order valence-electron chi connectivity index (χ1n) is 5.87. The van der Waals surface area contributed by atoms with E-state index in [1.807, 2.05) is 26.0 Å². The minimum absolute atomic E-state index is 0.00178. The van der Waals surface area contributed by atoms with E-state index in [4.69, 9.17) is 8.94 Å². The van der Waals surface area contributed by atoms with Gasteiger partial charge in [-0.3, -0.25) is 4.79 Å². The van der Waals surface area contributed by atoms with Crippen LogP contribution in [0.4, 0.5) is 0 Å². The average molecular weight is 327 g/mol. The fourth-order valence-corrected chi connectivity index (χ4v) is 2.14. The van der Waals surface area contributed by atoms with Gasteiger partial charge in [0.15, 0.2) is 4.67 Å². The molecule has 2 aromatic heterocycles. The number of aromatic nitrogens is 1. The predicted octanol–water partition coefficient (Wildman–Crippen LogP) is 2.85. The lowest BCUT2D eigenvalue weighted by Crippen LogP contribution is -2.27. The number of likely N-dealkylation sites (N-methyl/N-ethyl adjacent to an activating group) is 1. The van der Waals surface area contributed by atoms with Crippen molar-refractivity contribution in [3.05, 3.63) is 39.6 Å². The second-order valence-corrected chi connectivity index (χ2v) is 5.22. The molecular weight excluding hydrogens is 312 g/mol. The van der Waals surface area contributed by atoms with E-state index in [9.17, 15) is 4.79 Å². The Kier molecular flexibility index (Phi) is 4.09. The van der Waals surface area contributed by atoms with Crippen LogP contribution in [0, 0.1) is 13.8 Å². The molecule has 0 saturated heterocycles. The smallest absolute Gasteiger partial charge is 0.227 e. The highest BCUT2D eigenvalue weighted by atomic mass is 79.9. The zero-order valence-electron chi connectivity index (χ0n) is 11.1. The maximum Gasteiger partial charge on any atom is 0.227 e. The number of amides is 1. The largest absolute Gasteiger partial charge is 0.452 e. The zero-order chi connectivity index (χ0) is 14.0. The highest BCUT2D eigenvalue weighted by Gasteiger charge is 2.17. The summed E-state index contributed by atoms with van der Waals surface area (Å²) in [6, 6.07) is 3.64. The molecular formula is C13H15BrN2O3. The van der Waals surface area contributed by atoms with Gasteiger partial charge in [-0.15, -0.1) is 0 Å². The van der Waals surface area contributed by atoms with Crippen LogP contribution in [-0.4, -0.2) is 23.0 Å². The van der Waals surface area contributed by atoms with E-state index >= 15 is 0 Å². The van der Waals surface area contributed by atoms with Crippen molar-refractivity contribution in [3.8, 4) is 0 Å². The van der Waals surface area contributed by atoms with Crippen molar-refractivity contribution in [1.29, 1.82) is 0 Å². The third-order valence-electron chi connectivity index (χ3n) is 2.96. The molecule has 1 amide bonds. The van der Waals surface area contributed by atoms with E-state index in [2.05, 4.69) is 21.1 Å². The number of carbonyl (C=O) groups excluding carboxylic acids is 1. The maximum absolute atomic E-state index is 12.1. The molecule has 2 aromatic rings. The van der Waals surface area contributed by atoms with Gasteiger partial charge in [0.2, 0.25) is 5.91 Å². The van der Waals surface area contributed by atoms with Crippen molar-refractivity contribution in [1.82, 2.24) is 10.1 Å². The van der Waals surface area contributed by atoms with Gasteiger partial charge >= 0.3 is 0 Å². The summed E-state index contributed by atoms with van der Waals surface area (Å²) < 4.78 is 11.1. The van der Waals surface area contributed by atoms with Crippen LogP contribution in [0.15, 0.2) is 25.7 Å². The van der Waals surface area contributed by atoms with Crippen molar-refractivity contribution in [2.45, 2.75) is 26.8 Å². The number of rotatable bonds is 4. The Hall–Kier alpha value is -1.56. The molecule has 0 atom stereocenters. The minimum Gasteiger partial charge on any atom is -0.452 e. The van der Waals surface area contributed by atoms with Crippen LogP contribution in [0.3, 0.4) is 0 Å². The van der Waals surface area contributed by atoms with E-state index in [0.29, 0.717) is 23.4 Å². The summed E-state index contributed by atoms with van der Waals surface area (Å²) in [7, 11) is 1.75. The van der Waals surface area contributed by atoms with Crippen molar-refractivity contribution < 1.29 is 13.7 Å². The van der Waals surface area contributed by atoms with Gasteiger partial charge in [-0.1, -0.05) is 5.16 Å². The van der Waals surface area contributed by atoms with Gasteiger partial charge in [-0.2, -0.15) is 0 Å². The van der Waals surface area contributed by atoms with E-state index in [1.54, 1.807) is 11.9 Å². The molecule has 0 bridgehead atoms. The maximum atomic E-state index is 12.1. The first-order valence-corrected chi connectivity index (χ1v) is 6.66. The molecule has 0 fully saturated rings. The molecule has 0 aliphatic rings. The molecule has 0 aliphatic carbocycles. The van der Waals surface area contributed by atoms with E-state index in [0.717, 1.165) is 17.0 Å². The van der Waals surface area contributed by atoms with Gasteiger partial charge in [0, 0.05) is 12.6 Å². The predicted molar refractivity (Wildman–Crippen MR) is 72.6 cm³/mol. The van der Waals surface area contributed by atoms with Crippen LogP contribution in [-0.2, 0) is 17.8 Å². The summed E-state index contributed by atoms with van der Waals surface area (Å²) in [6.45, 7) is 4.09. The van der Waals surface area contributed by atoms with Crippen LogP contribution < -0.4 is 0 Å². The Morgan fingerprint density at radius 3 is 2.68 bits per heavy atom. The minimum atomic E-state index is 0.00178. The van der Waals surface area contributed by atoms with Crippen LogP contribution in [0.1, 0.15) is 22.8 Å². The van der Waals surface area contributed by atoms with Crippen molar-refractivity contribution in [2.75, 3.05) is 7.05 Å². The number of hydrogen-bond acceptors (Lipinski definition) is 4. The van der Waals surface area contributed by atoms with Gasteiger partial charge in [0.25, 0.3) is 0 Å². The zero-order valence-corrected chi connectivity index (χ0v) is 12.7. The summed E-state index contributed by atoms with van der Waals surface area (Å²) in [4.78, 5) is 13.8. The van der Waals surface area contributed by atoms with Crippen LogP contribution in [0.2, 0.25) is 0 Å². The molecule has 0 aromatic carbocycles. The summed E-state index contributed by atoms with van der Waals surface area (Å²) in [6.07, 6.45) is 0.291. The van der Waals surface area contributed by atoms with E-state index in [-0.39, 0.29) is 5.91 Å². The molecule has 102 valence electrons. The second kappa shape index (κ2) is 5.61. The molecule has 0 N–H and O–H groups in total. The van der Waals surface area contributed by atoms with Gasteiger partial charge in [0.05, 0.1) is 18.7 Å². The summed E-state index contributed by atoms with van der Waals surface area (Å²) >= 11 is 3.24. The highest BCUT2D eigenvalue weighted by molar-refractivity contribution is 9.10. The fourth-order valence-electron chi connectivity index (χ4n) is 1.80. The second-order valence-electron chi connectivity index (χ2n) is 4.44. The summed E-state index contributed by atoms with van der Waals surface area (Å²) in [5.41, 5.74) is 1.62. The molecule has 5 nitrogen and oxygen atoms in total. The Balaban J connectivity index is 2.00. The molecule has 0 saturated carbocycles. The van der Waals surface area contributed by atoms with E-state index < -0.39 is 0 Å². The van der Waals surface area contributed by atoms with Gasteiger partial charge < -0.3 is 13.8 Å². The lowest BCUT2D eigenvalue weighted by Gasteiger charge is -2.15. The SMILES string of the molecule is Cc1noc(C)c1CC(=O)N(C)Cc1ccc(Br)o1. The van der Waals surface area contributed by atoms with Crippen LogP contribution >= 0.6 is 15.9 Å². The van der Waals surface area contributed by atoms with Crippen molar-refractivity contribution in [3.63, 3.8) is 0 Å². The molecule has 0 unspecified atom stereocenters. The monoisotopic (exact) mass is 326 g/mol. The van der Waals surface area contributed by atoms with Gasteiger partial charge in [-0.05, 0) is 41.9 Å². The molecule has 0 radical (unpaired) electrons. The number of hydrogen-bond donors (Lipinski definition) is 0. The number of aryl methyl sites for hydroxylation is 2. The molecule has 6 heteroatoms. The van der Waals surface area contributed by atoms with Crippen molar-refractivity contribution in [2.24, 2.45) is 0 Å². The van der Waals surface area contributed by atoms with Gasteiger partial charge in [-0.25, -0.2) is 0 Å². The third kappa shape index (κ3) is 3.26. The highest BCUT2D eigenvalue weighted by Crippen LogP contribution is 2.17. The first-order chi connectivity index (χ1) is 8.97. The summed E-state index contributed by atoms with van der Waals surface area (Å²) in [5, 5.41) is 3.85. The fraction of sp³-hybridized carbons (Fsp3) is 0.385. The average Bonchev–Trinajstić information content (AvgIpc) is 2.89. The first kappa shape index (κ1) is 13.9. The lowest BCUT2D eigenvalue weighted by atomic mass is 10.1. The molecule has 2 heterocycles. The van der Waals surface area contributed by atoms with E-state index in [1.165, 1.54) is 0 Å². The number of halogens is 1. The Bertz CT molecular complexity index is 569. The summed E-state index contributed by atoms with van der Waals surface area (Å²) in [5.74, 6) is 1.43. The molecule has 19 heavy (non-hydrogen) atoms. The normalized spacial score (nSPS) is 10.7. The van der Waals surface area contributed by atoms with Crippen LogP contribution in [0.25, 0.3) is 0 Å². The van der Waals surface area contributed by atoms with Gasteiger partial charge in [0.1, 0.15) is 11.5 Å². The Morgan fingerprint density at radius 1 is 1.42 bits per heavy atom. The van der Waals surface area contributed by atoms with Crippen LogP contribution in [0.5, 0.6) is 0 Å². The quantitative estimate of drug-likeness (QED) is 0.866. The standard InChI is InChI=1S/C13H15BrN2O3/c1-8-11(9(2)19-15-8)6-13(17)16(3)7-10-4-5-12(14)18-10/h4-5H,6-7H2,1-3H3. The molecule has 2 rings (SSSR count). The third-order valence-corrected chi connectivity index (χ3v) is 3.38. The Labute approximate surface area is 119 Å². The number of furan rings is 1. The lowest BCUT2D eigenvalue weighted by molar-refractivity contribution is -0.129. The topological polar surface area (TPSA) is 59.5 Å². The molecule has 0 aliphatic heterocycles. The number of nitrogens with zero attached hydrogens (tertiary/aromatic N) is 2. The molecule has 0 spiro atoms.